The van der Waals surface area contributed by atoms with Gasteiger partial charge < -0.3 is 17.7 Å². The molecule has 8 aromatic heterocycles. The molecule has 612 valence electrons. The molecule has 0 N–H and O–H groups in total. The molecule has 0 aliphatic heterocycles. The van der Waals surface area contributed by atoms with Gasteiger partial charge in [-0.05, 0) is 231 Å². The second kappa shape index (κ2) is 31.3. The Bertz CT molecular complexity index is 8970. The third-order valence-electron chi connectivity index (χ3n) is 26.1. The molecule has 0 aliphatic rings. The van der Waals surface area contributed by atoms with E-state index in [0.717, 1.165) is 160 Å². The first kappa shape index (κ1) is 70.9. The highest BCUT2D eigenvalue weighted by atomic mass is 16.3. The van der Waals surface area contributed by atoms with Crippen LogP contribution in [0.25, 0.3) is 219 Å². The van der Waals surface area contributed by atoms with Crippen molar-refractivity contribution in [2.24, 2.45) is 34.1 Å². The van der Waals surface area contributed by atoms with Gasteiger partial charge in [-0.15, -0.1) is 0 Å². The van der Waals surface area contributed by atoms with Crippen LogP contribution in [-0.4, -0.2) is 0 Å². The molecule has 1 atom stereocenters. The van der Waals surface area contributed by atoms with Gasteiger partial charge in [0.05, 0.1) is 38.4 Å². The van der Waals surface area contributed by atoms with Gasteiger partial charge in [-0.2, -0.15) is 4.57 Å². The van der Waals surface area contributed by atoms with Crippen LogP contribution in [0.4, 0.5) is 0 Å². The van der Waals surface area contributed by atoms with Crippen molar-refractivity contribution < 1.29 is 45.5 Å². The highest BCUT2D eigenvalue weighted by Gasteiger charge is 2.28. The molecule has 24 aromatic rings. The number of nitrogens with zero attached hydrogens (tertiary/aromatic N) is 4. The summed E-state index contributed by atoms with van der Waals surface area (Å²) < 4.78 is 91.8. The van der Waals surface area contributed by atoms with E-state index in [1.165, 1.54) is 99.3 Å². The van der Waals surface area contributed by atoms with Gasteiger partial charge in [0, 0.05) is 111 Å². The van der Waals surface area contributed by atoms with Gasteiger partial charge in [0.2, 0.25) is 28.3 Å². The van der Waals surface area contributed by atoms with Gasteiger partial charge in [0.15, 0.2) is 18.6 Å². The summed E-state index contributed by atoms with van der Waals surface area (Å²) in [6, 6.07) is 105. The molecule has 8 heterocycles. The zero-order valence-electron chi connectivity index (χ0n) is 80.1. The Kier molecular flexibility index (Phi) is 17.6. The van der Waals surface area contributed by atoms with E-state index in [-0.39, 0.29) is 5.92 Å². The molecule has 16 aromatic carbocycles. The Hall–Kier alpha value is -14.6. The van der Waals surface area contributed by atoms with E-state index >= 15 is 0 Å². The van der Waals surface area contributed by atoms with E-state index in [0.29, 0.717) is 5.56 Å². The summed E-state index contributed by atoms with van der Waals surface area (Å²) in [6.07, 6.45) is 4.77. The van der Waals surface area contributed by atoms with Crippen molar-refractivity contribution in [1.82, 2.24) is 0 Å². The van der Waals surface area contributed by atoms with Crippen molar-refractivity contribution in [2.75, 3.05) is 0 Å². The average Bonchev–Trinajstić information content (AvgIpc) is 1.62. The van der Waals surface area contributed by atoms with Crippen LogP contribution < -0.4 is 18.3 Å². The van der Waals surface area contributed by atoms with Crippen LogP contribution in [0.1, 0.15) is 102 Å². The van der Waals surface area contributed by atoms with Crippen molar-refractivity contribution >= 4 is 174 Å². The molecule has 24 rings (SSSR count). The number of fused-ring (bicyclic) bond motifs is 24. The van der Waals surface area contributed by atoms with Gasteiger partial charge in [0.25, 0.3) is 0 Å². The van der Waals surface area contributed by atoms with Gasteiger partial charge in [-0.25, -0.2) is 13.7 Å². The van der Waals surface area contributed by atoms with Crippen LogP contribution in [0.5, 0.6) is 0 Å². The van der Waals surface area contributed by atoms with Crippen LogP contribution >= 0.6 is 0 Å². The van der Waals surface area contributed by atoms with Gasteiger partial charge in [-0.1, -0.05) is 211 Å². The van der Waals surface area contributed by atoms with Crippen LogP contribution in [-0.2, 0) is 34.6 Å². The second-order valence-electron chi connectivity index (χ2n) is 34.5. The molecule has 0 aliphatic carbocycles. The number of para-hydroxylation sites is 1. The molecule has 0 spiro atoms. The lowest BCUT2D eigenvalue weighted by molar-refractivity contribution is -0.659. The predicted molar refractivity (Wildman–Crippen MR) is 527 cm³/mol. The number of rotatable bonds is 8. The largest absolute Gasteiger partial charge is 0.456 e. The molecule has 0 fully saturated rings. The molecular weight excluding hydrogens is 1540 g/mol. The van der Waals surface area contributed by atoms with Gasteiger partial charge in [0.1, 0.15) is 72.9 Å². The Labute approximate surface area is 742 Å². The summed E-state index contributed by atoms with van der Waals surface area (Å²) in [5, 5.41) is 26.6. The second-order valence-corrected chi connectivity index (χ2v) is 34.5. The SMILES string of the molecule is Cc1c(-c2ccc3ccccc3[n+]2C)ccc2c1oc1ccc3ccccc3c12.[2H]C(C)(C)c1ccc2c(-c3ccc4c(oc5ccc6ccccc6c54)c3C)[n+](C)ccc2c1.[2H]C([2H])([2H])C([2H])(C)c1ccc2c(-c3ccc4c(oc5ccc6ccccc6c54)c3C)[n+](C)ccc2c1.[2H]C([2H])(c1ccc2c(-c3ccc4c(oc5ccc6ccccc6c54)c3C)[n+](C)ccc2c1)C(C)C. The smallest absolute Gasteiger partial charge is 0.220 e. The van der Waals surface area contributed by atoms with E-state index in [9.17, 15) is 0 Å². The summed E-state index contributed by atoms with van der Waals surface area (Å²) in [6.45, 7) is 15.3. The number of aryl methyl sites for hydroxylation is 8. The molecule has 8 heteroatoms. The molecule has 0 saturated heterocycles. The van der Waals surface area contributed by atoms with Crippen LogP contribution in [0.3, 0.4) is 0 Å². The van der Waals surface area contributed by atoms with Crippen LogP contribution in [0.15, 0.2) is 340 Å². The monoisotopic (exact) mass is 1640 g/mol. The minimum atomic E-state index is -2.42. The number of hydrogen-bond donors (Lipinski definition) is 0. The Morgan fingerprint density at radius 3 is 0.984 bits per heavy atom. The third kappa shape index (κ3) is 13.3. The maximum absolute atomic E-state index is 8.54. The highest BCUT2D eigenvalue weighted by Crippen LogP contribution is 2.46. The van der Waals surface area contributed by atoms with E-state index < -0.39 is 25.0 Å². The van der Waals surface area contributed by atoms with E-state index in [2.05, 4.69) is 334 Å². The lowest BCUT2D eigenvalue weighted by Gasteiger charge is -2.11. The van der Waals surface area contributed by atoms with Crippen molar-refractivity contribution in [3.05, 3.63) is 361 Å². The van der Waals surface area contributed by atoms with Crippen molar-refractivity contribution in [2.45, 2.75) is 87.3 Å². The fourth-order valence-corrected chi connectivity index (χ4v) is 19.7. The summed E-state index contributed by atoms with van der Waals surface area (Å²) in [5.74, 6) is -2.42. The first-order valence-electron chi connectivity index (χ1n) is 46.9. The minimum Gasteiger partial charge on any atom is -0.456 e. The lowest BCUT2D eigenvalue weighted by Crippen LogP contribution is -2.32. The quantitative estimate of drug-likeness (QED) is 0.142. The summed E-state index contributed by atoms with van der Waals surface area (Å²) in [4.78, 5) is 0. The van der Waals surface area contributed by atoms with Crippen LogP contribution in [0.2, 0.25) is 0 Å². The predicted octanol–water partition coefficient (Wildman–Crippen LogP) is 30.2. The molecule has 0 radical (unpaired) electrons. The first-order chi connectivity index (χ1) is 63.9. The van der Waals surface area contributed by atoms with Crippen molar-refractivity contribution in [3.63, 3.8) is 0 Å². The normalized spacial score (nSPS) is 13.6. The Balaban J connectivity index is 0.000000107. The highest BCUT2D eigenvalue weighted by molar-refractivity contribution is 6.24. The molecule has 0 saturated carbocycles. The summed E-state index contributed by atoms with van der Waals surface area (Å²) in [5.41, 5.74) is 24.3. The molecular formula is C118H100N4O4+4. The van der Waals surface area contributed by atoms with Gasteiger partial charge >= 0.3 is 0 Å². The van der Waals surface area contributed by atoms with E-state index in [1.807, 2.05) is 83.4 Å². The molecule has 8 nitrogen and oxygen atoms in total. The average molecular weight is 1650 g/mol. The third-order valence-corrected chi connectivity index (χ3v) is 26.1. The standard InChI is InChI=1S/C31H28NO.2C30H26NO.C27H20NO/c1-19(2)17-21-9-11-26-23(18-21)15-16-32(4)30(26)24-12-13-27-29-25-8-6-5-7-22(25)10-14-28(29)33-31(27)20(24)3;2*1-18(2)21-9-11-25-22(17-21)15-16-31(4)29(25)23-12-13-26-28-24-8-6-5-7-20(24)10-14-27(28)32-30(26)19(23)3;1-17-20(24-15-11-19-8-4-6-10-23(19)28(24)2)13-14-22-26-21-9-5-3-7-18(21)12-16-25(26)29-27(17)22/h5-16,18-19H,17H2,1-4H3;2*5-18H,1-4H3;3-16H,1-2H3/q4*+1/i17D2;1D3,18D;18D;. The summed E-state index contributed by atoms with van der Waals surface area (Å²) >= 11 is 0. The van der Waals surface area contributed by atoms with E-state index in [4.69, 9.17) is 27.3 Å². The zero-order valence-corrected chi connectivity index (χ0v) is 73.1. The maximum atomic E-state index is 8.54. The number of benzene rings is 16. The molecule has 1 unspecified atom stereocenters. The zero-order chi connectivity index (χ0) is 92.3. The Morgan fingerprint density at radius 2 is 0.611 bits per heavy atom. The topological polar surface area (TPSA) is 68.1 Å². The minimum absolute atomic E-state index is 0.104. The first-order valence-corrected chi connectivity index (χ1v) is 43.4. The molecule has 0 bridgehead atoms. The van der Waals surface area contributed by atoms with Crippen molar-refractivity contribution in [3.8, 4) is 45.0 Å². The number of hydrogen-bond acceptors (Lipinski definition) is 4. The fourth-order valence-electron chi connectivity index (χ4n) is 19.7. The number of aromatic nitrogens is 4. The molecule has 0 amide bonds. The lowest BCUT2D eigenvalue weighted by atomic mass is 9.94. The maximum Gasteiger partial charge on any atom is 0.220 e. The van der Waals surface area contributed by atoms with E-state index in [1.54, 1.807) is 6.07 Å². The van der Waals surface area contributed by atoms with Crippen LogP contribution in [0, 0.1) is 33.6 Å². The number of pyridine rings is 4. The fraction of sp³-hybridized carbons (Fsp3) is 0.153. The van der Waals surface area contributed by atoms with Crippen molar-refractivity contribution in [1.29, 1.82) is 0 Å². The summed E-state index contributed by atoms with van der Waals surface area (Å²) in [7, 11) is 8.29. The number of furan rings is 4. The Morgan fingerprint density at radius 1 is 0.294 bits per heavy atom. The van der Waals surface area contributed by atoms with Gasteiger partial charge in [-0.3, -0.25) is 0 Å². The molecule has 126 heavy (non-hydrogen) atoms.